The molecule has 27 heavy (non-hydrogen) atoms. The molecule has 2 N–H and O–H groups in total. The first-order valence-electron chi connectivity index (χ1n) is 8.47. The van der Waals surface area contributed by atoms with Gasteiger partial charge in [-0.15, -0.1) is 0 Å². The summed E-state index contributed by atoms with van der Waals surface area (Å²) in [4.78, 5) is 15.6. The molecule has 0 aliphatic heterocycles. The molecule has 0 bridgehead atoms. The van der Waals surface area contributed by atoms with Crippen LogP contribution in [0.3, 0.4) is 0 Å². The molecule has 2 heterocycles. The van der Waals surface area contributed by atoms with Crippen LogP contribution >= 0.6 is 0 Å². The van der Waals surface area contributed by atoms with Crippen LogP contribution in [0, 0.1) is 6.92 Å². The lowest BCUT2D eigenvalue weighted by Gasteiger charge is -2.13. The standard InChI is InChI=1S/C20H21N4O3/c1-12-9-14(7-8-22-12)26-16-10-13(19(21)25)5-6-15(16)23-18-11-17(27-24-18)20(2,3)4/h5-11,21H,1-4H3,(H,23,24). The second kappa shape index (κ2) is 7.11. The first-order chi connectivity index (χ1) is 12.7. The average Bonchev–Trinajstić information content (AvgIpc) is 3.05. The number of carbonyl (C=O) groups excluding carboxylic acids is 1. The van der Waals surface area contributed by atoms with E-state index >= 15 is 0 Å². The Morgan fingerprint density at radius 3 is 2.59 bits per heavy atom. The van der Waals surface area contributed by atoms with E-state index in [0.29, 0.717) is 23.0 Å². The molecule has 0 atom stereocenters. The fourth-order valence-electron chi connectivity index (χ4n) is 2.39. The van der Waals surface area contributed by atoms with Gasteiger partial charge in [-0.1, -0.05) is 25.9 Å². The molecule has 0 spiro atoms. The SMILES string of the molecule is Cc1cc(Oc2cc(C([NH])=O)ccc2Nc2cc(C(C)(C)C)on2)ccn1. The number of pyridine rings is 1. The fraction of sp³-hybridized carbons (Fsp3) is 0.250. The summed E-state index contributed by atoms with van der Waals surface area (Å²) in [6.07, 6.45) is 1.64. The normalized spacial score (nSPS) is 11.3. The number of anilines is 2. The van der Waals surface area contributed by atoms with E-state index in [1.807, 2.05) is 33.8 Å². The van der Waals surface area contributed by atoms with Crippen LogP contribution in [0.25, 0.3) is 0 Å². The van der Waals surface area contributed by atoms with Crippen molar-refractivity contribution in [2.24, 2.45) is 0 Å². The second-order valence-corrected chi connectivity index (χ2v) is 7.23. The molecule has 1 radical (unpaired) electrons. The Balaban J connectivity index is 1.94. The minimum absolute atomic E-state index is 0.164. The third-order valence-corrected chi connectivity index (χ3v) is 3.85. The van der Waals surface area contributed by atoms with Crippen molar-refractivity contribution >= 4 is 17.4 Å². The van der Waals surface area contributed by atoms with E-state index in [0.717, 1.165) is 11.5 Å². The first kappa shape index (κ1) is 18.4. The summed E-state index contributed by atoms with van der Waals surface area (Å²) < 4.78 is 11.3. The van der Waals surface area contributed by atoms with Crippen LogP contribution in [-0.4, -0.2) is 16.0 Å². The van der Waals surface area contributed by atoms with Crippen molar-refractivity contribution in [3.63, 3.8) is 0 Å². The average molecular weight is 365 g/mol. The third-order valence-electron chi connectivity index (χ3n) is 3.85. The van der Waals surface area contributed by atoms with Gasteiger partial charge in [-0.2, -0.15) is 0 Å². The molecular weight excluding hydrogens is 344 g/mol. The molecule has 0 aliphatic rings. The zero-order valence-corrected chi connectivity index (χ0v) is 15.7. The number of aromatic nitrogens is 2. The highest BCUT2D eigenvalue weighted by Crippen LogP contribution is 2.34. The number of nitrogens with one attached hydrogen (secondary N) is 2. The Morgan fingerprint density at radius 2 is 1.96 bits per heavy atom. The van der Waals surface area contributed by atoms with Gasteiger partial charge in [-0.3, -0.25) is 15.5 Å². The summed E-state index contributed by atoms with van der Waals surface area (Å²) in [6, 6.07) is 10.1. The predicted molar refractivity (Wildman–Crippen MR) is 101 cm³/mol. The summed E-state index contributed by atoms with van der Waals surface area (Å²) in [5.41, 5.74) is 8.82. The van der Waals surface area contributed by atoms with Crippen molar-refractivity contribution in [3.05, 3.63) is 59.6 Å². The number of hydrogen-bond donors (Lipinski definition) is 1. The van der Waals surface area contributed by atoms with Gasteiger partial charge in [0.05, 0.1) is 5.69 Å². The van der Waals surface area contributed by atoms with Gasteiger partial charge in [0.1, 0.15) is 11.5 Å². The van der Waals surface area contributed by atoms with E-state index in [9.17, 15) is 4.79 Å². The Morgan fingerprint density at radius 1 is 1.19 bits per heavy atom. The van der Waals surface area contributed by atoms with Gasteiger partial charge in [0.15, 0.2) is 11.6 Å². The molecule has 139 valence electrons. The topological polar surface area (TPSA) is 101 Å². The van der Waals surface area contributed by atoms with Crippen molar-refractivity contribution in [2.45, 2.75) is 33.1 Å². The van der Waals surface area contributed by atoms with Gasteiger partial charge in [0.2, 0.25) is 0 Å². The maximum absolute atomic E-state index is 11.4. The van der Waals surface area contributed by atoms with Gasteiger partial charge in [-0.25, -0.2) is 0 Å². The van der Waals surface area contributed by atoms with E-state index in [-0.39, 0.29) is 11.0 Å². The molecule has 3 aromatic rings. The molecule has 7 nitrogen and oxygen atoms in total. The van der Waals surface area contributed by atoms with Crippen molar-refractivity contribution < 1.29 is 14.1 Å². The summed E-state index contributed by atoms with van der Waals surface area (Å²) in [6.45, 7) is 7.96. The van der Waals surface area contributed by atoms with Crippen molar-refractivity contribution in [1.82, 2.24) is 15.9 Å². The minimum Gasteiger partial charge on any atom is -0.455 e. The van der Waals surface area contributed by atoms with E-state index in [1.165, 1.54) is 6.07 Å². The molecular formula is C20H21N4O3. The van der Waals surface area contributed by atoms with E-state index in [2.05, 4.69) is 15.5 Å². The lowest BCUT2D eigenvalue weighted by molar-refractivity contribution is 0.0992. The summed E-state index contributed by atoms with van der Waals surface area (Å²) in [5.74, 6) is 1.47. The Bertz CT molecular complexity index is 973. The Hall–Kier alpha value is -3.35. The zero-order chi connectivity index (χ0) is 19.6. The zero-order valence-electron chi connectivity index (χ0n) is 15.7. The minimum atomic E-state index is -0.784. The molecule has 0 saturated carbocycles. The molecule has 3 rings (SSSR count). The van der Waals surface area contributed by atoms with Gasteiger partial charge in [-0.05, 0) is 31.2 Å². The summed E-state index contributed by atoms with van der Waals surface area (Å²) in [5, 5.41) is 7.19. The van der Waals surface area contributed by atoms with Crippen molar-refractivity contribution in [2.75, 3.05) is 5.32 Å². The van der Waals surface area contributed by atoms with E-state index < -0.39 is 5.91 Å². The van der Waals surface area contributed by atoms with Crippen LogP contribution in [0.15, 0.2) is 47.1 Å². The van der Waals surface area contributed by atoms with Gasteiger partial charge >= 0.3 is 0 Å². The molecule has 1 amide bonds. The molecule has 0 fully saturated rings. The molecule has 0 unspecified atom stereocenters. The number of nitrogens with zero attached hydrogens (tertiary/aromatic N) is 2. The van der Waals surface area contributed by atoms with Crippen LogP contribution < -0.4 is 15.8 Å². The van der Waals surface area contributed by atoms with Gasteiger partial charge in [0, 0.05) is 35.0 Å². The largest absolute Gasteiger partial charge is 0.455 e. The lowest BCUT2D eigenvalue weighted by atomic mass is 9.93. The molecule has 2 aromatic heterocycles. The second-order valence-electron chi connectivity index (χ2n) is 7.23. The highest BCUT2D eigenvalue weighted by Gasteiger charge is 2.20. The monoisotopic (exact) mass is 365 g/mol. The van der Waals surface area contributed by atoms with Crippen LogP contribution in [0.5, 0.6) is 11.5 Å². The number of ether oxygens (including phenoxy) is 1. The molecule has 0 saturated heterocycles. The first-order valence-corrected chi connectivity index (χ1v) is 8.47. The van der Waals surface area contributed by atoms with Crippen LogP contribution in [0.2, 0.25) is 0 Å². The Kier molecular flexibility index (Phi) is 4.85. The van der Waals surface area contributed by atoms with Crippen LogP contribution in [0.1, 0.15) is 42.6 Å². The summed E-state index contributed by atoms with van der Waals surface area (Å²) >= 11 is 0. The number of amides is 1. The van der Waals surface area contributed by atoms with Crippen LogP contribution in [0.4, 0.5) is 11.5 Å². The molecule has 1 aromatic carbocycles. The number of aryl methyl sites for hydroxylation is 1. The number of rotatable bonds is 5. The fourth-order valence-corrected chi connectivity index (χ4v) is 2.39. The quantitative estimate of drug-likeness (QED) is 0.707. The number of benzene rings is 1. The third kappa shape index (κ3) is 4.44. The van der Waals surface area contributed by atoms with Crippen molar-refractivity contribution in [1.29, 1.82) is 0 Å². The highest BCUT2D eigenvalue weighted by atomic mass is 16.5. The Labute approximate surface area is 157 Å². The number of carbonyl (C=O) groups is 1. The van der Waals surface area contributed by atoms with Crippen LogP contribution in [-0.2, 0) is 5.41 Å². The summed E-state index contributed by atoms with van der Waals surface area (Å²) in [7, 11) is 0. The highest BCUT2D eigenvalue weighted by molar-refractivity contribution is 5.93. The lowest BCUT2D eigenvalue weighted by Crippen LogP contribution is -2.09. The van der Waals surface area contributed by atoms with Gasteiger partial charge in [0.25, 0.3) is 5.91 Å². The van der Waals surface area contributed by atoms with Crippen molar-refractivity contribution in [3.8, 4) is 11.5 Å². The van der Waals surface area contributed by atoms with Gasteiger partial charge < -0.3 is 14.6 Å². The molecule has 7 heteroatoms. The number of hydrogen-bond acceptors (Lipinski definition) is 6. The molecule has 0 aliphatic carbocycles. The smallest absolute Gasteiger partial charge is 0.269 e. The van der Waals surface area contributed by atoms with E-state index in [4.69, 9.17) is 15.0 Å². The predicted octanol–water partition coefficient (Wildman–Crippen LogP) is 4.63. The maximum Gasteiger partial charge on any atom is 0.269 e. The maximum atomic E-state index is 11.4. The van der Waals surface area contributed by atoms with E-state index in [1.54, 1.807) is 30.5 Å².